The van der Waals surface area contributed by atoms with Crippen molar-refractivity contribution in [3.05, 3.63) is 65.2 Å². The number of hydrogen-bond acceptors (Lipinski definition) is 5. The van der Waals surface area contributed by atoms with Gasteiger partial charge in [0.1, 0.15) is 0 Å². The van der Waals surface area contributed by atoms with Gasteiger partial charge < -0.3 is 10.1 Å². The Bertz CT molecular complexity index is 983. The summed E-state index contributed by atoms with van der Waals surface area (Å²) in [6, 6.07) is 14.1. The van der Waals surface area contributed by atoms with Crippen molar-refractivity contribution in [1.29, 1.82) is 0 Å². The lowest BCUT2D eigenvalue weighted by Gasteiger charge is -2.20. The molecule has 0 radical (unpaired) electrons. The first-order chi connectivity index (χ1) is 15.4. The van der Waals surface area contributed by atoms with Gasteiger partial charge in [-0.05, 0) is 61.3 Å². The largest absolute Gasteiger partial charge is 0.377 e. The number of carbonyl (C=O) groups excluding carboxylic acids is 1. The van der Waals surface area contributed by atoms with Crippen LogP contribution in [0.25, 0.3) is 0 Å². The van der Waals surface area contributed by atoms with E-state index in [9.17, 15) is 13.2 Å². The van der Waals surface area contributed by atoms with Gasteiger partial charge in [-0.2, -0.15) is 0 Å². The van der Waals surface area contributed by atoms with Crippen LogP contribution in [0.15, 0.2) is 53.4 Å². The molecule has 0 aliphatic carbocycles. The topological polar surface area (TPSA) is 87.7 Å². The number of nitrogens with one attached hydrogen (secondary N) is 2. The van der Waals surface area contributed by atoms with Crippen molar-refractivity contribution in [1.82, 2.24) is 14.9 Å². The van der Waals surface area contributed by atoms with Crippen LogP contribution in [0.2, 0.25) is 0 Å². The summed E-state index contributed by atoms with van der Waals surface area (Å²) in [5, 5.41) is 2.95. The Hall–Kier alpha value is -2.26. The molecule has 2 aromatic rings. The Morgan fingerprint density at radius 1 is 1.06 bits per heavy atom. The summed E-state index contributed by atoms with van der Waals surface area (Å²) in [6.45, 7) is 8.40. The molecule has 0 spiro atoms. The van der Waals surface area contributed by atoms with Crippen LogP contribution >= 0.6 is 0 Å². The molecule has 8 heteroatoms. The van der Waals surface area contributed by atoms with Crippen LogP contribution in [-0.4, -0.2) is 51.6 Å². The number of nitrogens with zero attached hydrogens (tertiary/aromatic N) is 1. The molecule has 1 atom stereocenters. The summed E-state index contributed by atoms with van der Waals surface area (Å²) in [6.07, 6.45) is 1.75. The van der Waals surface area contributed by atoms with E-state index in [0.29, 0.717) is 18.7 Å². The first kappa shape index (κ1) is 24.4. The summed E-state index contributed by atoms with van der Waals surface area (Å²) in [7, 11) is -3.63. The van der Waals surface area contributed by atoms with Gasteiger partial charge in [-0.25, -0.2) is 13.1 Å². The van der Waals surface area contributed by atoms with E-state index >= 15 is 0 Å². The second-order valence-corrected chi connectivity index (χ2v) is 9.69. The summed E-state index contributed by atoms with van der Waals surface area (Å²) in [5.74, 6) is -0.237. The van der Waals surface area contributed by atoms with Crippen LogP contribution in [0.4, 0.5) is 0 Å². The molecule has 1 heterocycles. The standard InChI is InChI=1S/C24H33N3O4S/c1-3-27(4-2)18-21-9-6-5-8-20(21)16-25-24(28)19-11-13-23(14-12-19)32(29,30)26-17-22-10-7-15-31-22/h5-6,8-9,11-14,22,26H,3-4,7,10,15-18H2,1-2H3,(H,25,28). The fourth-order valence-corrected chi connectivity index (χ4v) is 4.79. The van der Waals surface area contributed by atoms with Gasteiger partial charge >= 0.3 is 0 Å². The minimum Gasteiger partial charge on any atom is -0.377 e. The Kier molecular flexibility index (Phi) is 8.81. The lowest BCUT2D eigenvalue weighted by molar-refractivity contribution is 0.0950. The molecule has 174 valence electrons. The Labute approximate surface area is 191 Å². The number of rotatable bonds is 11. The Balaban J connectivity index is 1.58. The molecule has 32 heavy (non-hydrogen) atoms. The number of hydrogen-bond donors (Lipinski definition) is 2. The van der Waals surface area contributed by atoms with Crippen LogP contribution in [0.1, 0.15) is 48.2 Å². The van der Waals surface area contributed by atoms with Gasteiger partial charge in [-0.15, -0.1) is 0 Å². The molecule has 2 aromatic carbocycles. The highest BCUT2D eigenvalue weighted by Crippen LogP contribution is 2.15. The predicted molar refractivity (Wildman–Crippen MR) is 125 cm³/mol. The molecule has 0 bridgehead atoms. The Morgan fingerprint density at radius 2 is 1.75 bits per heavy atom. The normalized spacial score (nSPS) is 16.4. The van der Waals surface area contributed by atoms with Gasteiger partial charge in [-0.1, -0.05) is 38.1 Å². The van der Waals surface area contributed by atoms with Crippen molar-refractivity contribution in [2.45, 2.75) is 50.8 Å². The zero-order valence-electron chi connectivity index (χ0n) is 18.8. The number of ether oxygens (including phenoxy) is 1. The maximum absolute atomic E-state index is 12.6. The van der Waals surface area contributed by atoms with Crippen molar-refractivity contribution in [2.75, 3.05) is 26.2 Å². The van der Waals surface area contributed by atoms with Crippen LogP contribution in [0, 0.1) is 0 Å². The van der Waals surface area contributed by atoms with Crippen LogP contribution < -0.4 is 10.0 Å². The van der Waals surface area contributed by atoms with E-state index in [2.05, 4.69) is 34.9 Å². The molecular weight excluding hydrogens is 426 g/mol. The quantitative estimate of drug-likeness (QED) is 0.540. The highest BCUT2D eigenvalue weighted by molar-refractivity contribution is 7.89. The smallest absolute Gasteiger partial charge is 0.251 e. The van der Waals surface area contributed by atoms with E-state index in [1.165, 1.54) is 29.8 Å². The van der Waals surface area contributed by atoms with Gasteiger partial charge in [0.15, 0.2) is 0 Å². The molecule has 3 rings (SSSR count). The molecule has 1 aliphatic rings. The number of sulfonamides is 1. The molecule has 1 unspecified atom stereocenters. The van der Waals surface area contributed by atoms with Crippen LogP contribution in [0.5, 0.6) is 0 Å². The summed E-state index contributed by atoms with van der Waals surface area (Å²) < 4.78 is 33.0. The third-order valence-electron chi connectivity index (χ3n) is 5.80. The summed E-state index contributed by atoms with van der Waals surface area (Å²) >= 11 is 0. The molecule has 1 saturated heterocycles. The summed E-state index contributed by atoms with van der Waals surface area (Å²) in [4.78, 5) is 15.1. The van der Waals surface area contributed by atoms with Crippen molar-refractivity contribution < 1.29 is 17.9 Å². The highest BCUT2D eigenvalue weighted by atomic mass is 32.2. The van der Waals surface area contributed by atoms with Crippen LogP contribution in [0.3, 0.4) is 0 Å². The predicted octanol–water partition coefficient (Wildman–Crippen LogP) is 2.92. The van der Waals surface area contributed by atoms with Gasteiger partial charge in [0.2, 0.25) is 10.0 Å². The van der Waals surface area contributed by atoms with E-state index in [1.807, 2.05) is 18.2 Å². The molecular formula is C24H33N3O4S. The highest BCUT2D eigenvalue weighted by Gasteiger charge is 2.20. The second-order valence-electron chi connectivity index (χ2n) is 7.92. The molecule has 1 amide bonds. The maximum Gasteiger partial charge on any atom is 0.251 e. The molecule has 0 saturated carbocycles. The van der Waals surface area contributed by atoms with E-state index in [-0.39, 0.29) is 23.5 Å². The zero-order valence-corrected chi connectivity index (χ0v) is 19.7. The molecule has 0 aromatic heterocycles. The second kappa shape index (κ2) is 11.6. The minimum atomic E-state index is -3.63. The van der Waals surface area contributed by atoms with Gasteiger partial charge in [0.05, 0.1) is 11.0 Å². The lowest BCUT2D eigenvalue weighted by Crippen LogP contribution is -2.31. The SMILES string of the molecule is CCN(CC)Cc1ccccc1CNC(=O)c1ccc(S(=O)(=O)NCC2CCCO2)cc1. The van der Waals surface area contributed by atoms with E-state index in [1.54, 1.807) is 0 Å². The molecule has 1 fully saturated rings. The van der Waals surface area contributed by atoms with Gasteiger partial charge in [0.25, 0.3) is 5.91 Å². The molecule has 1 aliphatic heterocycles. The van der Waals surface area contributed by atoms with Crippen molar-refractivity contribution in [3.8, 4) is 0 Å². The van der Waals surface area contributed by atoms with Crippen molar-refractivity contribution >= 4 is 15.9 Å². The van der Waals surface area contributed by atoms with E-state index in [4.69, 9.17) is 4.74 Å². The van der Waals surface area contributed by atoms with E-state index < -0.39 is 10.0 Å². The van der Waals surface area contributed by atoms with Crippen molar-refractivity contribution in [2.24, 2.45) is 0 Å². The third-order valence-corrected chi connectivity index (χ3v) is 7.24. The molecule has 7 nitrogen and oxygen atoms in total. The van der Waals surface area contributed by atoms with Crippen molar-refractivity contribution in [3.63, 3.8) is 0 Å². The number of benzene rings is 2. The average molecular weight is 460 g/mol. The first-order valence-electron chi connectivity index (χ1n) is 11.2. The lowest BCUT2D eigenvalue weighted by atomic mass is 10.1. The van der Waals surface area contributed by atoms with Gasteiger partial charge in [-0.3, -0.25) is 9.69 Å². The van der Waals surface area contributed by atoms with E-state index in [0.717, 1.165) is 38.0 Å². The van der Waals surface area contributed by atoms with Crippen LogP contribution in [-0.2, 0) is 27.8 Å². The number of amides is 1. The summed E-state index contributed by atoms with van der Waals surface area (Å²) in [5.41, 5.74) is 2.69. The monoisotopic (exact) mass is 459 g/mol. The maximum atomic E-state index is 12.6. The first-order valence-corrected chi connectivity index (χ1v) is 12.7. The van der Waals surface area contributed by atoms with Gasteiger partial charge in [0, 0.05) is 31.8 Å². The fourth-order valence-electron chi connectivity index (χ4n) is 3.73. The average Bonchev–Trinajstić information content (AvgIpc) is 3.34. The molecule has 2 N–H and O–H groups in total. The third kappa shape index (κ3) is 6.62. The zero-order chi connectivity index (χ0) is 23.0. The fraction of sp³-hybridized carbons (Fsp3) is 0.458. The minimum absolute atomic E-state index is 0.0700. The number of carbonyl (C=O) groups is 1. The Morgan fingerprint density at radius 3 is 2.38 bits per heavy atom.